The monoisotopic (exact) mass is 297 g/mol. The lowest BCUT2D eigenvalue weighted by atomic mass is 10.1. The fraction of sp³-hybridized carbons (Fsp3) is 0.188. The first-order valence-corrected chi connectivity index (χ1v) is 6.74. The largest absolute Gasteiger partial charge is 0.497 e. The van der Waals surface area contributed by atoms with E-state index in [0.29, 0.717) is 16.7 Å². The highest BCUT2D eigenvalue weighted by Crippen LogP contribution is 2.21. The number of methoxy groups -OCH3 is 1. The van der Waals surface area contributed by atoms with Gasteiger partial charge in [0.15, 0.2) is 0 Å². The minimum absolute atomic E-state index is 0.341. The molecule has 0 fully saturated rings. The second-order valence-corrected chi connectivity index (χ2v) is 5.00. The summed E-state index contributed by atoms with van der Waals surface area (Å²) < 4.78 is 7.59. The Morgan fingerprint density at radius 1 is 0.955 bits per heavy atom. The Kier molecular flexibility index (Phi) is 3.29. The van der Waals surface area contributed by atoms with Gasteiger partial charge in [-0.3, -0.25) is 13.9 Å². The highest BCUT2D eigenvalue weighted by Gasteiger charge is 2.11. The van der Waals surface area contributed by atoms with Crippen molar-refractivity contribution in [2.75, 3.05) is 7.11 Å². The van der Waals surface area contributed by atoms with Crippen molar-refractivity contribution in [2.24, 2.45) is 14.1 Å². The van der Waals surface area contributed by atoms with Gasteiger partial charge in [-0.15, -0.1) is 0 Å². The second kappa shape index (κ2) is 5.14. The second-order valence-electron chi connectivity index (χ2n) is 5.00. The van der Waals surface area contributed by atoms with Crippen LogP contribution >= 0.6 is 0 Å². The lowest BCUT2D eigenvalue weighted by Crippen LogP contribution is -2.37. The van der Waals surface area contributed by atoms with Gasteiger partial charge in [-0.1, -0.05) is 0 Å². The molecular weight excluding hydrogens is 282 g/mol. The van der Waals surface area contributed by atoms with E-state index in [2.05, 4.69) is 4.98 Å². The molecule has 0 saturated carbocycles. The Hall–Kier alpha value is -2.89. The molecular formula is C16H15N3O3. The van der Waals surface area contributed by atoms with Crippen LogP contribution in [0.5, 0.6) is 5.75 Å². The zero-order valence-corrected chi connectivity index (χ0v) is 12.5. The zero-order chi connectivity index (χ0) is 15.9. The van der Waals surface area contributed by atoms with Crippen LogP contribution in [0.1, 0.15) is 0 Å². The Bertz CT molecular complexity index is 969. The van der Waals surface area contributed by atoms with Crippen molar-refractivity contribution >= 4 is 11.0 Å². The number of aromatic nitrogens is 3. The third kappa shape index (κ3) is 2.09. The van der Waals surface area contributed by atoms with Gasteiger partial charge in [-0.05, 0) is 36.4 Å². The molecule has 0 spiro atoms. The minimum atomic E-state index is -0.392. The molecule has 1 aromatic carbocycles. The molecule has 3 aromatic rings. The molecule has 0 aliphatic rings. The number of benzene rings is 1. The smallest absolute Gasteiger partial charge is 0.332 e. The van der Waals surface area contributed by atoms with Crippen LogP contribution in [0.3, 0.4) is 0 Å². The Labute approximate surface area is 126 Å². The van der Waals surface area contributed by atoms with Gasteiger partial charge < -0.3 is 4.74 Å². The summed E-state index contributed by atoms with van der Waals surface area (Å²) in [6.45, 7) is 0. The van der Waals surface area contributed by atoms with Crippen molar-refractivity contribution in [3.63, 3.8) is 0 Å². The number of aryl methyl sites for hydroxylation is 1. The number of pyridine rings is 1. The molecule has 0 unspecified atom stereocenters. The fourth-order valence-corrected chi connectivity index (χ4v) is 2.38. The quantitative estimate of drug-likeness (QED) is 0.715. The van der Waals surface area contributed by atoms with Gasteiger partial charge in [0.25, 0.3) is 5.56 Å². The summed E-state index contributed by atoms with van der Waals surface area (Å²) >= 11 is 0. The lowest BCUT2D eigenvalue weighted by Gasteiger charge is -2.08. The van der Waals surface area contributed by atoms with Crippen LogP contribution in [0.25, 0.3) is 22.3 Å². The first-order chi connectivity index (χ1) is 10.5. The first kappa shape index (κ1) is 14.1. The van der Waals surface area contributed by atoms with Crippen molar-refractivity contribution in [2.45, 2.75) is 0 Å². The van der Waals surface area contributed by atoms with E-state index in [-0.39, 0.29) is 5.56 Å². The van der Waals surface area contributed by atoms with Crippen LogP contribution in [0, 0.1) is 0 Å². The Balaban J connectivity index is 2.25. The summed E-state index contributed by atoms with van der Waals surface area (Å²) in [5.41, 5.74) is 1.22. The van der Waals surface area contributed by atoms with E-state index in [4.69, 9.17) is 4.74 Å². The summed E-state index contributed by atoms with van der Waals surface area (Å²) in [6, 6.07) is 10.9. The van der Waals surface area contributed by atoms with Gasteiger partial charge in [-0.2, -0.15) is 0 Å². The summed E-state index contributed by atoms with van der Waals surface area (Å²) in [5.74, 6) is 0.755. The summed E-state index contributed by atoms with van der Waals surface area (Å²) in [6.07, 6.45) is 0. The third-order valence-corrected chi connectivity index (χ3v) is 3.69. The molecule has 0 aliphatic heterocycles. The standard InChI is InChI=1S/C16H15N3O3/c1-18-14-12(15(20)19(2)16(18)21)8-9-13(17-14)10-4-6-11(22-3)7-5-10/h4-9H,1-3H3. The molecule has 0 saturated heterocycles. The van der Waals surface area contributed by atoms with E-state index in [1.165, 1.54) is 11.6 Å². The van der Waals surface area contributed by atoms with Crippen LogP contribution in [-0.2, 0) is 14.1 Å². The normalized spacial score (nSPS) is 10.9. The van der Waals surface area contributed by atoms with Crippen LogP contribution in [0.2, 0.25) is 0 Å². The van der Waals surface area contributed by atoms with E-state index >= 15 is 0 Å². The molecule has 6 nitrogen and oxygen atoms in total. The van der Waals surface area contributed by atoms with Gasteiger partial charge in [0.2, 0.25) is 0 Å². The molecule has 0 bridgehead atoms. The van der Waals surface area contributed by atoms with Crippen LogP contribution in [0.4, 0.5) is 0 Å². The molecule has 2 heterocycles. The first-order valence-electron chi connectivity index (χ1n) is 6.74. The molecule has 0 atom stereocenters. The molecule has 0 amide bonds. The van der Waals surface area contributed by atoms with Crippen molar-refractivity contribution in [1.29, 1.82) is 0 Å². The molecule has 6 heteroatoms. The highest BCUT2D eigenvalue weighted by atomic mass is 16.5. The topological polar surface area (TPSA) is 66.1 Å². The number of ether oxygens (including phenoxy) is 1. The van der Waals surface area contributed by atoms with E-state index in [9.17, 15) is 9.59 Å². The number of fused-ring (bicyclic) bond motifs is 1. The third-order valence-electron chi connectivity index (χ3n) is 3.69. The number of hydrogen-bond donors (Lipinski definition) is 0. The zero-order valence-electron chi connectivity index (χ0n) is 12.5. The van der Waals surface area contributed by atoms with Crippen LogP contribution in [-0.4, -0.2) is 21.2 Å². The van der Waals surface area contributed by atoms with E-state index < -0.39 is 5.69 Å². The maximum atomic E-state index is 12.1. The number of rotatable bonds is 2. The Morgan fingerprint density at radius 2 is 1.64 bits per heavy atom. The maximum Gasteiger partial charge on any atom is 0.332 e. The average molecular weight is 297 g/mol. The van der Waals surface area contributed by atoms with Crippen LogP contribution in [0.15, 0.2) is 46.0 Å². The predicted molar refractivity (Wildman–Crippen MR) is 84.2 cm³/mol. The minimum Gasteiger partial charge on any atom is -0.497 e. The van der Waals surface area contributed by atoms with Crippen molar-refractivity contribution < 1.29 is 4.74 Å². The lowest BCUT2D eigenvalue weighted by molar-refractivity contribution is 0.415. The average Bonchev–Trinajstić information content (AvgIpc) is 2.57. The molecule has 3 rings (SSSR count). The van der Waals surface area contributed by atoms with Gasteiger partial charge in [-0.25, -0.2) is 9.78 Å². The summed E-state index contributed by atoms with van der Waals surface area (Å²) in [4.78, 5) is 28.6. The van der Waals surface area contributed by atoms with Gasteiger partial charge in [0.1, 0.15) is 11.4 Å². The summed E-state index contributed by atoms with van der Waals surface area (Å²) in [7, 11) is 4.67. The Morgan fingerprint density at radius 3 is 2.27 bits per heavy atom. The van der Waals surface area contributed by atoms with E-state index in [1.807, 2.05) is 24.3 Å². The molecule has 0 N–H and O–H groups in total. The van der Waals surface area contributed by atoms with E-state index in [0.717, 1.165) is 15.9 Å². The maximum absolute atomic E-state index is 12.1. The number of nitrogens with zero attached hydrogens (tertiary/aromatic N) is 3. The number of hydrogen-bond acceptors (Lipinski definition) is 4. The molecule has 0 radical (unpaired) electrons. The molecule has 112 valence electrons. The molecule has 0 aliphatic carbocycles. The van der Waals surface area contributed by atoms with Crippen LogP contribution < -0.4 is 16.0 Å². The fourth-order valence-electron chi connectivity index (χ4n) is 2.38. The van der Waals surface area contributed by atoms with Gasteiger partial charge in [0, 0.05) is 19.7 Å². The molecule has 2 aromatic heterocycles. The highest BCUT2D eigenvalue weighted by molar-refractivity contribution is 5.77. The van der Waals surface area contributed by atoms with Gasteiger partial charge in [0.05, 0.1) is 18.2 Å². The van der Waals surface area contributed by atoms with E-state index in [1.54, 1.807) is 26.3 Å². The molecule has 22 heavy (non-hydrogen) atoms. The SMILES string of the molecule is COc1ccc(-c2ccc3c(=O)n(C)c(=O)n(C)c3n2)cc1. The summed E-state index contributed by atoms with van der Waals surface area (Å²) in [5, 5.41) is 0.418. The predicted octanol–water partition coefficient (Wildman–Crippen LogP) is 1.31. The van der Waals surface area contributed by atoms with Crippen molar-refractivity contribution in [1.82, 2.24) is 14.1 Å². The van der Waals surface area contributed by atoms with Gasteiger partial charge >= 0.3 is 5.69 Å². The van der Waals surface area contributed by atoms with Crippen molar-refractivity contribution in [3.05, 3.63) is 57.2 Å². The van der Waals surface area contributed by atoms with Crippen molar-refractivity contribution in [3.8, 4) is 17.0 Å².